The topological polar surface area (TPSA) is 65.2 Å². The first-order valence-corrected chi connectivity index (χ1v) is 5.68. The molecule has 5 nitrogen and oxygen atoms in total. The molecule has 1 rings (SSSR count). The quantitative estimate of drug-likeness (QED) is 0.334. The zero-order chi connectivity index (χ0) is 10.9. The van der Waals surface area contributed by atoms with E-state index in [1.54, 1.807) is 0 Å². The second-order valence-electron chi connectivity index (χ2n) is 3.85. The van der Waals surface area contributed by atoms with Crippen molar-refractivity contribution in [2.75, 3.05) is 39.9 Å². The smallest absolute Gasteiger partial charge is 0.223 e. The van der Waals surface area contributed by atoms with Gasteiger partial charge in [0.1, 0.15) is 0 Å². The Labute approximate surface area is 91.4 Å². The van der Waals surface area contributed by atoms with Gasteiger partial charge >= 0.3 is 0 Å². The van der Waals surface area contributed by atoms with Crippen molar-refractivity contribution in [2.24, 2.45) is 5.92 Å². The van der Waals surface area contributed by atoms with Gasteiger partial charge in [-0.15, -0.1) is 0 Å². The van der Waals surface area contributed by atoms with Crippen LogP contribution < -0.4 is 21.3 Å². The van der Waals surface area contributed by atoms with E-state index < -0.39 is 0 Å². The van der Waals surface area contributed by atoms with E-state index in [0.717, 1.165) is 39.1 Å². The highest BCUT2D eigenvalue weighted by Gasteiger charge is 2.19. The molecule has 0 bridgehead atoms. The van der Waals surface area contributed by atoms with Gasteiger partial charge in [-0.1, -0.05) is 0 Å². The van der Waals surface area contributed by atoms with E-state index >= 15 is 0 Å². The van der Waals surface area contributed by atoms with Gasteiger partial charge in [0.15, 0.2) is 0 Å². The average Bonchev–Trinajstić information content (AvgIpc) is 2.30. The molecule has 1 saturated heterocycles. The third kappa shape index (κ3) is 5.11. The van der Waals surface area contributed by atoms with E-state index in [0.29, 0.717) is 6.54 Å². The largest absolute Gasteiger partial charge is 0.355 e. The van der Waals surface area contributed by atoms with Gasteiger partial charge in [0.05, 0.1) is 0 Å². The van der Waals surface area contributed by atoms with Crippen LogP contribution >= 0.6 is 0 Å². The summed E-state index contributed by atoms with van der Waals surface area (Å²) in [5.41, 5.74) is 0. The summed E-state index contributed by atoms with van der Waals surface area (Å²) < 4.78 is 0. The lowest BCUT2D eigenvalue weighted by atomic mass is 9.97. The predicted octanol–water partition coefficient (Wildman–Crippen LogP) is -1.13. The van der Waals surface area contributed by atoms with Crippen LogP contribution in [0.25, 0.3) is 0 Å². The summed E-state index contributed by atoms with van der Waals surface area (Å²) >= 11 is 0. The number of piperidine rings is 1. The number of hydrogen-bond acceptors (Lipinski definition) is 4. The molecule has 1 aliphatic heterocycles. The zero-order valence-corrected chi connectivity index (χ0v) is 9.44. The maximum Gasteiger partial charge on any atom is 0.223 e. The van der Waals surface area contributed by atoms with Crippen molar-refractivity contribution in [1.82, 2.24) is 21.3 Å². The highest BCUT2D eigenvalue weighted by molar-refractivity contribution is 5.78. The minimum absolute atomic E-state index is 0.211. The highest BCUT2D eigenvalue weighted by Crippen LogP contribution is 2.10. The van der Waals surface area contributed by atoms with E-state index in [2.05, 4.69) is 21.3 Å². The molecule has 15 heavy (non-hydrogen) atoms. The minimum Gasteiger partial charge on any atom is -0.355 e. The third-order valence-corrected chi connectivity index (χ3v) is 2.61. The first-order valence-electron chi connectivity index (χ1n) is 5.68. The highest BCUT2D eigenvalue weighted by atomic mass is 16.1. The fourth-order valence-electron chi connectivity index (χ4n) is 1.72. The summed E-state index contributed by atoms with van der Waals surface area (Å²) in [6.07, 6.45) is 1.94. The van der Waals surface area contributed by atoms with Crippen LogP contribution in [0.3, 0.4) is 0 Å². The first kappa shape index (κ1) is 12.4. The predicted molar refractivity (Wildman–Crippen MR) is 60.5 cm³/mol. The number of hydrogen-bond donors (Lipinski definition) is 4. The van der Waals surface area contributed by atoms with Gasteiger partial charge < -0.3 is 21.3 Å². The summed E-state index contributed by atoms with van der Waals surface area (Å²) in [6, 6.07) is 0. The summed E-state index contributed by atoms with van der Waals surface area (Å²) in [6.45, 7) is 4.25. The molecule has 0 aromatic heterocycles. The SMILES string of the molecule is CNCNCCNC(=O)C1CCNCC1. The van der Waals surface area contributed by atoms with Crippen molar-refractivity contribution in [3.8, 4) is 0 Å². The molecule has 0 aliphatic carbocycles. The average molecular weight is 214 g/mol. The second-order valence-corrected chi connectivity index (χ2v) is 3.85. The maximum atomic E-state index is 11.6. The molecule has 0 spiro atoms. The lowest BCUT2D eigenvalue weighted by Crippen LogP contribution is -2.41. The van der Waals surface area contributed by atoms with Gasteiger partial charge in [0, 0.05) is 25.7 Å². The molecular weight excluding hydrogens is 192 g/mol. The number of amides is 1. The molecule has 0 aromatic carbocycles. The zero-order valence-electron chi connectivity index (χ0n) is 9.44. The molecule has 1 heterocycles. The van der Waals surface area contributed by atoms with E-state index in [4.69, 9.17) is 0 Å². The number of nitrogens with one attached hydrogen (secondary N) is 4. The van der Waals surface area contributed by atoms with Crippen LogP contribution in [0.1, 0.15) is 12.8 Å². The van der Waals surface area contributed by atoms with Crippen molar-refractivity contribution in [1.29, 1.82) is 0 Å². The van der Waals surface area contributed by atoms with Crippen molar-refractivity contribution in [3.05, 3.63) is 0 Å². The van der Waals surface area contributed by atoms with E-state index in [-0.39, 0.29) is 11.8 Å². The molecule has 0 unspecified atom stereocenters. The van der Waals surface area contributed by atoms with Crippen LogP contribution in [-0.2, 0) is 4.79 Å². The van der Waals surface area contributed by atoms with E-state index in [1.165, 1.54) is 0 Å². The van der Waals surface area contributed by atoms with Gasteiger partial charge in [-0.05, 0) is 33.0 Å². The molecule has 0 atom stereocenters. The Hall–Kier alpha value is -0.650. The molecule has 0 aromatic rings. The van der Waals surface area contributed by atoms with Crippen molar-refractivity contribution >= 4 is 5.91 Å². The van der Waals surface area contributed by atoms with Crippen LogP contribution in [0.5, 0.6) is 0 Å². The Morgan fingerprint density at radius 3 is 2.73 bits per heavy atom. The number of carbonyl (C=O) groups excluding carboxylic acids is 1. The molecule has 88 valence electrons. The lowest BCUT2D eigenvalue weighted by molar-refractivity contribution is -0.125. The van der Waals surface area contributed by atoms with Gasteiger partial charge in [-0.2, -0.15) is 0 Å². The van der Waals surface area contributed by atoms with Crippen LogP contribution in [-0.4, -0.2) is 45.8 Å². The summed E-state index contributed by atoms with van der Waals surface area (Å²) in [4.78, 5) is 11.6. The fourth-order valence-corrected chi connectivity index (χ4v) is 1.72. The number of rotatable bonds is 6. The Morgan fingerprint density at radius 2 is 2.07 bits per heavy atom. The Balaban J connectivity index is 2.02. The van der Waals surface area contributed by atoms with Crippen LogP contribution in [0.15, 0.2) is 0 Å². The summed E-state index contributed by atoms with van der Waals surface area (Å²) in [7, 11) is 1.89. The molecule has 0 saturated carbocycles. The van der Waals surface area contributed by atoms with Crippen LogP contribution in [0.4, 0.5) is 0 Å². The van der Waals surface area contributed by atoms with Gasteiger partial charge in [0.2, 0.25) is 5.91 Å². The monoisotopic (exact) mass is 214 g/mol. The molecule has 4 N–H and O–H groups in total. The Kier molecular flexibility index (Phi) is 6.31. The number of carbonyl (C=O) groups is 1. The Morgan fingerprint density at radius 1 is 1.33 bits per heavy atom. The van der Waals surface area contributed by atoms with E-state index in [1.807, 2.05) is 7.05 Å². The van der Waals surface area contributed by atoms with Crippen molar-refractivity contribution in [2.45, 2.75) is 12.8 Å². The van der Waals surface area contributed by atoms with E-state index in [9.17, 15) is 4.79 Å². The Bertz CT molecular complexity index is 180. The molecular formula is C10H22N4O. The fraction of sp³-hybridized carbons (Fsp3) is 0.900. The molecule has 5 heteroatoms. The third-order valence-electron chi connectivity index (χ3n) is 2.61. The van der Waals surface area contributed by atoms with Crippen LogP contribution in [0, 0.1) is 5.92 Å². The summed E-state index contributed by atoms with van der Waals surface area (Å²) in [5, 5.41) is 12.3. The van der Waals surface area contributed by atoms with Gasteiger partial charge in [-0.25, -0.2) is 0 Å². The van der Waals surface area contributed by atoms with Crippen molar-refractivity contribution < 1.29 is 4.79 Å². The molecule has 1 fully saturated rings. The molecule has 1 amide bonds. The molecule has 1 aliphatic rings. The van der Waals surface area contributed by atoms with Gasteiger partial charge in [-0.3, -0.25) is 4.79 Å². The first-order chi connectivity index (χ1) is 7.34. The standard InChI is InChI=1S/C10H22N4O/c1-11-8-13-6-7-14-10(15)9-2-4-12-5-3-9/h9,11-13H,2-8H2,1H3,(H,14,15). The van der Waals surface area contributed by atoms with Crippen LogP contribution in [0.2, 0.25) is 0 Å². The molecule has 0 radical (unpaired) electrons. The minimum atomic E-state index is 0.211. The van der Waals surface area contributed by atoms with Gasteiger partial charge in [0.25, 0.3) is 0 Å². The lowest BCUT2D eigenvalue weighted by Gasteiger charge is -2.21. The maximum absolute atomic E-state index is 11.6. The van der Waals surface area contributed by atoms with Crippen molar-refractivity contribution in [3.63, 3.8) is 0 Å². The summed E-state index contributed by atoms with van der Waals surface area (Å²) in [5.74, 6) is 0.429. The second kappa shape index (κ2) is 7.62. The normalized spacial score (nSPS) is 17.7.